The zero-order valence-corrected chi connectivity index (χ0v) is 20.9. The Morgan fingerprint density at radius 2 is 1.53 bits per heavy atom. The topological polar surface area (TPSA) is 58.3 Å². The molecule has 1 atom stereocenters. The maximum absolute atomic E-state index is 12.1. The molecule has 0 radical (unpaired) electrons. The van der Waals surface area contributed by atoms with Gasteiger partial charge in [0.2, 0.25) is 0 Å². The summed E-state index contributed by atoms with van der Waals surface area (Å²) in [5, 5.41) is 12.1. The van der Waals surface area contributed by atoms with E-state index in [0.717, 1.165) is 54.4 Å². The van der Waals surface area contributed by atoms with Crippen molar-refractivity contribution < 1.29 is 19.0 Å². The molecule has 3 aromatic rings. The van der Waals surface area contributed by atoms with Gasteiger partial charge in [-0.05, 0) is 87.7 Å². The molecule has 1 N–H and O–H groups in total. The van der Waals surface area contributed by atoms with Gasteiger partial charge in [0.1, 0.15) is 22.9 Å². The third-order valence-corrected chi connectivity index (χ3v) is 7.72. The number of fused-ring (bicyclic) bond motifs is 1. The van der Waals surface area contributed by atoms with Crippen LogP contribution < -0.4 is 19.3 Å². The van der Waals surface area contributed by atoms with Crippen LogP contribution in [0.3, 0.4) is 0 Å². The monoisotopic (exact) mass is 462 g/mol. The van der Waals surface area contributed by atoms with Crippen molar-refractivity contribution in [1.29, 1.82) is 0 Å². The Morgan fingerprint density at radius 3 is 2.12 bits per heavy atom. The first-order valence-corrected chi connectivity index (χ1v) is 11.9. The van der Waals surface area contributed by atoms with Crippen LogP contribution in [-0.2, 0) is 5.60 Å². The SMILES string of the molecule is COc1ccc(N2CCN(c3c(C)c(C)c4c(c3C)[C@@](O)(c3ccco3)C(C)(C)O4)CC2)cc1. The highest BCUT2D eigenvalue weighted by Gasteiger charge is 2.59. The zero-order chi connectivity index (χ0) is 24.3. The predicted octanol–water partition coefficient (Wildman–Crippen LogP) is 4.95. The predicted molar refractivity (Wildman–Crippen MR) is 134 cm³/mol. The number of hydrogen-bond acceptors (Lipinski definition) is 6. The molecule has 6 heteroatoms. The van der Waals surface area contributed by atoms with Crippen molar-refractivity contribution in [3.05, 3.63) is 70.7 Å². The summed E-state index contributed by atoms with van der Waals surface area (Å²) >= 11 is 0. The summed E-state index contributed by atoms with van der Waals surface area (Å²) in [5.41, 5.74) is 4.33. The molecule has 2 aliphatic heterocycles. The van der Waals surface area contributed by atoms with Crippen LogP contribution in [0.5, 0.6) is 11.5 Å². The number of aliphatic hydroxyl groups is 1. The third kappa shape index (κ3) is 3.19. The number of hydrogen-bond donors (Lipinski definition) is 1. The summed E-state index contributed by atoms with van der Waals surface area (Å²) in [6, 6.07) is 11.9. The number of methoxy groups -OCH3 is 1. The summed E-state index contributed by atoms with van der Waals surface area (Å²) in [6.45, 7) is 13.9. The lowest BCUT2D eigenvalue weighted by Crippen LogP contribution is -2.48. The van der Waals surface area contributed by atoms with E-state index in [1.54, 1.807) is 13.4 Å². The van der Waals surface area contributed by atoms with Gasteiger partial charge >= 0.3 is 0 Å². The van der Waals surface area contributed by atoms with Crippen LogP contribution in [0.1, 0.15) is 41.9 Å². The van der Waals surface area contributed by atoms with Crippen LogP contribution in [0.15, 0.2) is 47.1 Å². The number of furan rings is 1. The zero-order valence-electron chi connectivity index (χ0n) is 20.9. The van der Waals surface area contributed by atoms with Crippen LogP contribution in [0, 0.1) is 20.8 Å². The van der Waals surface area contributed by atoms with E-state index in [1.165, 1.54) is 16.9 Å². The minimum atomic E-state index is -1.37. The minimum absolute atomic E-state index is 0.512. The number of piperazine rings is 1. The first-order chi connectivity index (χ1) is 16.2. The van der Waals surface area contributed by atoms with Gasteiger partial charge in [0.15, 0.2) is 5.60 Å². The van der Waals surface area contributed by atoms with E-state index in [2.05, 4.69) is 42.7 Å². The number of ether oxygens (including phenoxy) is 2. The van der Waals surface area contributed by atoms with Gasteiger partial charge in [-0.25, -0.2) is 0 Å². The van der Waals surface area contributed by atoms with Crippen LogP contribution in [0.25, 0.3) is 0 Å². The van der Waals surface area contributed by atoms with Crippen molar-refractivity contribution in [3.63, 3.8) is 0 Å². The molecule has 34 heavy (non-hydrogen) atoms. The van der Waals surface area contributed by atoms with E-state index in [9.17, 15) is 5.11 Å². The van der Waals surface area contributed by atoms with Crippen molar-refractivity contribution in [2.45, 2.75) is 45.8 Å². The molecule has 0 saturated carbocycles. The number of nitrogens with zero attached hydrogens (tertiary/aromatic N) is 2. The standard InChI is InChI=1S/C28H34N2O4/c1-18-19(2)26-24(28(31,27(4,5)34-26)23-8-7-17-33-23)20(3)25(18)30-15-13-29(14-16-30)21-9-11-22(32-6)12-10-21/h7-12,17,31H,13-16H2,1-6H3/t28-/m0/s1. The van der Waals surface area contributed by atoms with E-state index in [0.29, 0.717) is 5.76 Å². The van der Waals surface area contributed by atoms with Crippen molar-refractivity contribution >= 4 is 11.4 Å². The summed E-state index contributed by atoms with van der Waals surface area (Å²) in [6.07, 6.45) is 1.61. The smallest absolute Gasteiger partial charge is 0.190 e. The molecule has 0 bridgehead atoms. The Morgan fingerprint density at radius 1 is 0.882 bits per heavy atom. The molecule has 0 unspecified atom stereocenters. The lowest BCUT2D eigenvalue weighted by atomic mass is 9.76. The Kier molecular flexibility index (Phi) is 5.32. The quantitative estimate of drug-likeness (QED) is 0.592. The Balaban J connectivity index is 1.51. The molecule has 1 fully saturated rings. The normalized spacial score (nSPS) is 21.4. The molecule has 2 aromatic carbocycles. The number of anilines is 2. The molecular weight excluding hydrogens is 428 g/mol. The lowest BCUT2D eigenvalue weighted by molar-refractivity contribution is -0.0769. The number of rotatable bonds is 4. The molecular formula is C28H34N2O4. The fourth-order valence-electron chi connectivity index (χ4n) is 5.66. The highest BCUT2D eigenvalue weighted by Crippen LogP contribution is 2.56. The molecule has 0 aliphatic carbocycles. The van der Waals surface area contributed by atoms with Crippen molar-refractivity contribution in [2.24, 2.45) is 0 Å². The van der Waals surface area contributed by atoms with Gasteiger partial charge in [-0.15, -0.1) is 0 Å². The first kappa shape index (κ1) is 22.7. The molecule has 1 saturated heterocycles. The maximum Gasteiger partial charge on any atom is 0.190 e. The fraction of sp³-hybridized carbons (Fsp3) is 0.429. The van der Waals surface area contributed by atoms with Gasteiger partial charge in [0, 0.05) is 43.1 Å². The van der Waals surface area contributed by atoms with E-state index in [4.69, 9.17) is 13.9 Å². The van der Waals surface area contributed by atoms with Gasteiger partial charge < -0.3 is 28.8 Å². The highest BCUT2D eigenvalue weighted by molar-refractivity contribution is 5.73. The molecule has 3 heterocycles. The van der Waals surface area contributed by atoms with Crippen LogP contribution >= 0.6 is 0 Å². The second-order valence-electron chi connectivity index (χ2n) is 9.90. The Hall–Kier alpha value is -3.12. The van der Waals surface area contributed by atoms with E-state index < -0.39 is 11.2 Å². The van der Waals surface area contributed by atoms with Crippen molar-refractivity contribution in [2.75, 3.05) is 43.1 Å². The van der Waals surface area contributed by atoms with E-state index >= 15 is 0 Å². The second-order valence-corrected chi connectivity index (χ2v) is 9.90. The van der Waals surface area contributed by atoms with E-state index in [1.807, 2.05) is 38.1 Å². The molecule has 1 aromatic heterocycles. The van der Waals surface area contributed by atoms with Gasteiger partial charge in [-0.3, -0.25) is 0 Å². The largest absolute Gasteiger partial charge is 0.497 e. The Labute approximate surface area is 201 Å². The molecule has 0 amide bonds. The van der Waals surface area contributed by atoms with Crippen LogP contribution in [0.2, 0.25) is 0 Å². The van der Waals surface area contributed by atoms with Crippen LogP contribution in [-0.4, -0.2) is 44.0 Å². The summed E-state index contributed by atoms with van der Waals surface area (Å²) in [7, 11) is 1.69. The second kappa shape index (κ2) is 7.98. The van der Waals surface area contributed by atoms with Gasteiger partial charge in [0.05, 0.1) is 13.4 Å². The van der Waals surface area contributed by atoms with Crippen molar-refractivity contribution in [3.8, 4) is 11.5 Å². The number of benzene rings is 2. The summed E-state index contributed by atoms with van der Waals surface area (Å²) in [4.78, 5) is 4.86. The van der Waals surface area contributed by atoms with Gasteiger partial charge in [0.25, 0.3) is 0 Å². The average Bonchev–Trinajstić information content (AvgIpc) is 3.44. The maximum atomic E-state index is 12.1. The molecule has 0 spiro atoms. The van der Waals surface area contributed by atoms with Crippen LogP contribution in [0.4, 0.5) is 11.4 Å². The first-order valence-electron chi connectivity index (χ1n) is 11.9. The molecule has 5 rings (SSSR count). The molecule has 180 valence electrons. The average molecular weight is 463 g/mol. The fourth-order valence-corrected chi connectivity index (χ4v) is 5.66. The third-order valence-electron chi connectivity index (χ3n) is 7.72. The van der Waals surface area contributed by atoms with Gasteiger partial charge in [-0.1, -0.05) is 0 Å². The Bertz CT molecular complexity index is 1190. The molecule has 6 nitrogen and oxygen atoms in total. The van der Waals surface area contributed by atoms with E-state index in [-0.39, 0.29) is 0 Å². The lowest BCUT2D eigenvalue weighted by Gasteiger charge is -2.40. The van der Waals surface area contributed by atoms with Gasteiger partial charge in [-0.2, -0.15) is 0 Å². The molecule has 2 aliphatic rings. The summed E-state index contributed by atoms with van der Waals surface area (Å²) < 4.78 is 17.5. The summed E-state index contributed by atoms with van der Waals surface area (Å²) in [5.74, 6) is 2.16. The minimum Gasteiger partial charge on any atom is -0.497 e. The van der Waals surface area contributed by atoms with Crippen molar-refractivity contribution in [1.82, 2.24) is 0 Å². The highest BCUT2D eigenvalue weighted by atomic mass is 16.5.